The number of carbonyl (C=O) groups excluding carboxylic acids is 1. The van der Waals surface area contributed by atoms with E-state index in [4.69, 9.17) is 0 Å². The van der Waals surface area contributed by atoms with E-state index in [0.717, 1.165) is 30.2 Å². The maximum Gasteiger partial charge on any atom is 0.222 e. The Balaban J connectivity index is 1.84. The van der Waals surface area contributed by atoms with E-state index in [1.807, 2.05) is 14.0 Å². The van der Waals surface area contributed by atoms with Crippen molar-refractivity contribution in [3.05, 3.63) is 15.6 Å². The number of carbonyl (C=O) groups is 1. The minimum absolute atomic E-state index is 0.254. The summed E-state index contributed by atoms with van der Waals surface area (Å²) in [5, 5.41) is 4.62. The predicted molar refractivity (Wildman–Crippen MR) is 69.1 cm³/mol. The van der Waals surface area contributed by atoms with Crippen LogP contribution in [0.15, 0.2) is 0 Å². The first kappa shape index (κ1) is 12.5. The lowest BCUT2D eigenvalue weighted by atomic mass is 10.1. The lowest BCUT2D eigenvalue weighted by molar-refractivity contribution is -0.132. The number of rotatable bonds is 3. The summed E-state index contributed by atoms with van der Waals surface area (Å²) in [6.07, 6.45) is 1.59. The Kier molecular flexibility index (Phi) is 3.79. The molecule has 1 fully saturated rings. The molecular formula is C12H19N3OS. The van der Waals surface area contributed by atoms with Gasteiger partial charge in [-0.15, -0.1) is 11.3 Å². The Labute approximate surface area is 106 Å². The summed E-state index contributed by atoms with van der Waals surface area (Å²) in [6.45, 7) is 5.76. The zero-order chi connectivity index (χ0) is 12.4. The van der Waals surface area contributed by atoms with Gasteiger partial charge in [-0.05, 0) is 20.3 Å². The number of piperidine rings is 1. The molecule has 0 saturated carbocycles. The van der Waals surface area contributed by atoms with Crippen molar-refractivity contribution < 1.29 is 4.79 Å². The largest absolute Gasteiger partial charge is 0.344 e. The molecule has 1 atom stereocenters. The fourth-order valence-electron chi connectivity index (χ4n) is 2.03. The van der Waals surface area contributed by atoms with Gasteiger partial charge in [-0.1, -0.05) is 0 Å². The van der Waals surface area contributed by atoms with Gasteiger partial charge in [0, 0.05) is 37.5 Å². The van der Waals surface area contributed by atoms with Crippen LogP contribution in [-0.4, -0.2) is 35.4 Å². The van der Waals surface area contributed by atoms with Gasteiger partial charge in [0.1, 0.15) is 5.01 Å². The second-order valence-corrected chi connectivity index (χ2v) is 5.93. The minimum atomic E-state index is 0.254. The number of hydrogen-bond donors (Lipinski definition) is 1. The van der Waals surface area contributed by atoms with Crippen LogP contribution in [0.4, 0.5) is 0 Å². The van der Waals surface area contributed by atoms with Crippen LogP contribution in [0.3, 0.4) is 0 Å². The minimum Gasteiger partial charge on any atom is -0.344 e. The second-order valence-electron chi connectivity index (χ2n) is 4.64. The maximum atomic E-state index is 11.3. The van der Waals surface area contributed by atoms with Crippen LogP contribution >= 0.6 is 11.3 Å². The Morgan fingerprint density at radius 2 is 2.29 bits per heavy atom. The van der Waals surface area contributed by atoms with Gasteiger partial charge in [0.05, 0.1) is 5.69 Å². The van der Waals surface area contributed by atoms with Crippen molar-refractivity contribution in [3.8, 4) is 0 Å². The third-order valence-electron chi connectivity index (χ3n) is 3.24. The fourth-order valence-corrected chi connectivity index (χ4v) is 2.91. The molecule has 17 heavy (non-hydrogen) atoms. The van der Waals surface area contributed by atoms with Crippen LogP contribution in [-0.2, 0) is 11.3 Å². The van der Waals surface area contributed by atoms with Crippen molar-refractivity contribution >= 4 is 17.2 Å². The molecule has 2 heterocycles. The summed E-state index contributed by atoms with van der Waals surface area (Å²) in [7, 11) is 1.87. The number of amides is 1. The second kappa shape index (κ2) is 5.14. The van der Waals surface area contributed by atoms with E-state index in [1.165, 1.54) is 4.88 Å². The van der Waals surface area contributed by atoms with Crippen LogP contribution in [0.5, 0.6) is 0 Å². The van der Waals surface area contributed by atoms with Crippen molar-refractivity contribution in [3.63, 3.8) is 0 Å². The van der Waals surface area contributed by atoms with E-state index in [-0.39, 0.29) is 5.91 Å². The van der Waals surface area contributed by atoms with Gasteiger partial charge < -0.3 is 10.2 Å². The van der Waals surface area contributed by atoms with Gasteiger partial charge in [0.25, 0.3) is 0 Å². The molecule has 1 aliphatic heterocycles. The van der Waals surface area contributed by atoms with Crippen molar-refractivity contribution in [2.24, 2.45) is 0 Å². The van der Waals surface area contributed by atoms with Gasteiger partial charge in [-0.3, -0.25) is 4.79 Å². The van der Waals surface area contributed by atoms with Crippen LogP contribution in [0, 0.1) is 13.8 Å². The molecule has 1 saturated heterocycles. The molecule has 5 heteroatoms. The Hall–Kier alpha value is -0.940. The summed E-state index contributed by atoms with van der Waals surface area (Å²) in [5.74, 6) is 0.254. The highest BCUT2D eigenvalue weighted by atomic mass is 32.1. The average Bonchev–Trinajstić information content (AvgIpc) is 2.60. The summed E-state index contributed by atoms with van der Waals surface area (Å²) in [4.78, 5) is 18.9. The molecule has 0 aliphatic carbocycles. The zero-order valence-electron chi connectivity index (χ0n) is 10.6. The molecule has 1 aromatic rings. The SMILES string of the molecule is Cc1nc(CNC2CCC(=O)N(C)C2)sc1C. The summed E-state index contributed by atoms with van der Waals surface area (Å²) >= 11 is 1.75. The first-order chi connectivity index (χ1) is 8.06. The molecule has 0 radical (unpaired) electrons. The van der Waals surface area contributed by atoms with E-state index in [1.54, 1.807) is 16.2 Å². The molecule has 0 aromatic carbocycles. The van der Waals surface area contributed by atoms with Crippen LogP contribution in [0.1, 0.15) is 28.4 Å². The maximum absolute atomic E-state index is 11.3. The number of likely N-dealkylation sites (N-methyl/N-ethyl adjacent to an activating group) is 1. The number of nitrogens with one attached hydrogen (secondary N) is 1. The van der Waals surface area contributed by atoms with Gasteiger partial charge in [-0.25, -0.2) is 4.98 Å². The molecule has 2 rings (SSSR count). The standard InChI is InChI=1S/C12H19N3OS/c1-8-9(2)17-11(14-8)6-13-10-4-5-12(16)15(3)7-10/h10,13H,4-7H2,1-3H3. The first-order valence-corrected chi connectivity index (χ1v) is 6.78. The van der Waals surface area contributed by atoms with E-state index in [9.17, 15) is 4.79 Å². The van der Waals surface area contributed by atoms with Crippen molar-refractivity contribution in [1.29, 1.82) is 0 Å². The quantitative estimate of drug-likeness (QED) is 0.887. The average molecular weight is 253 g/mol. The molecule has 1 aromatic heterocycles. The number of hydrogen-bond acceptors (Lipinski definition) is 4. The third kappa shape index (κ3) is 3.04. The lowest BCUT2D eigenvalue weighted by Gasteiger charge is -2.30. The molecule has 94 valence electrons. The number of aryl methyl sites for hydroxylation is 2. The van der Waals surface area contributed by atoms with Crippen molar-refractivity contribution in [2.45, 2.75) is 39.3 Å². The van der Waals surface area contributed by atoms with Gasteiger partial charge >= 0.3 is 0 Å². The normalized spacial score (nSPS) is 21.0. The lowest BCUT2D eigenvalue weighted by Crippen LogP contribution is -2.46. The first-order valence-electron chi connectivity index (χ1n) is 5.96. The molecule has 1 amide bonds. The third-order valence-corrected chi connectivity index (χ3v) is 4.31. The van der Waals surface area contributed by atoms with Crippen LogP contribution < -0.4 is 5.32 Å². The molecule has 0 bridgehead atoms. The molecular weight excluding hydrogens is 234 g/mol. The number of nitrogens with zero attached hydrogens (tertiary/aromatic N) is 2. The monoisotopic (exact) mass is 253 g/mol. The molecule has 1 aliphatic rings. The molecule has 1 N–H and O–H groups in total. The summed E-state index contributed by atoms with van der Waals surface area (Å²) < 4.78 is 0. The van der Waals surface area contributed by atoms with Crippen LogP contribution in [0.25, 0.3) is 0 Å². The number of aromatic nitrogens is 1. The highest BCUT2D eigenvalue weighted by molar-refractivity contribution is 7.11. The Bertz CT molecular complexity index is 396. The highest BCUT2D eigenvalue weighted by Crippen LogP contribution is 2.17. The Morgan fingerprint density at radius 3 is 2.88 bits per heavy atom. The van der Waals surface area contributed by atoms with Gasteiger partial charge in [0.15, 0.2) is 0 Å². The van der Waals surface area contributed by atoms with Gasteiger partial charge in [0.2, 0.25) is 5.91 Å². The van der Waals surface area contributed by atoms with Crippen LogP contribution in [0.2, 0.25) is 0 Å². The Morgan fingerprint density at radius 1 is 1.53 bits per heavy atom. The number of likely N-dealkylation sites (tertiary alicyclic amines) is 1. The smallest absolute Gasteiger partial charge is 0.222 e. The predicted octanol–water partition coefficient (Wildman–Crippen LogP) is 1.47. The molecule has 1 unspecified atom stereocenters. The fraction of sp³-hybridized carbons (Fsp3) is 0.667. The van der Waals surface area contributed by atoms with Crippen molar-refractivity contribution in [2.75, 3.05) is 13.6 Å². The summed E-state index contributed by atoms with van der Waals surface area (Å²) in [5.41, 5.74) is 1.13. The van der Waals surface area contributed by atoms with E-state index in [0.29, 0.717) is 12.5 Å². The van der Waals surface area contributed by atoms with E-state index in [2.05, 4.69) is 17.2 Å². The summed E-state index contributed by atoms with van der Waals surface area (Å²) in [6, 6.07) is 0.405. The van der Waals surface area contributed by atoms with E-state index < -0.39 is 0 Å². The molecule has 0 spiro atoms. The van der Waals surface area contributed by atoms with Crippen molar-refractivity contribution in [1.82, 2.24) is 15.2 Å². The topological polar surface area (TPSA) is 45.2 Å². The zero-order valence-corrected chi connectivity index (χ0v) is 11.4. The number of thiazole rings is 1. The highest BCUT2D eigenvalue weighted by Gasteiger charge is 2.22. The van der Waals surface area contributed by atoms with Gasteiger partial charge in [-0.2, -0.15) is 0 Å². The van der Waals surface area contributed by atoms with E-state index >= 15 is 0 Å². The molecule has 4 nitrogen and oxygen atoms in total.